The van der Waals surface area contributed by atoms with Gasteiger partial charge in [0.2, 0.25) is 0 Å². The van der Waals surface area contributed by atoms with Gasteiger partial charge >= 0.3 is 6.09 Å². The van der Waals surface area contributed by atoms with E-state index in [0.717, 1.165) is 4.90 Å². The Morgan fingerprint density at radius 3 is 2.53 bits per heavy atom. The highest BCUT2D eigenvalue weighted by molar-refractivity contribution is 5.71. The summed E-state index contributed by atoms with van der Waals surface area (Å²) in [5.74, 6) is 0. The number of piperidine rings is 1. The third-order valence-electron chi connectivity index (χ3n) is 2.98. The Labute approximate surface area is 85.5 Å². The largest absolute Gasteiger partial charge is 0.447 e. The molecule has 0 aliphatic carbocycles. The van der Waals surface area contributed by atoms with Crippen LogP contribution in [0.25, 0.3) is 0 Å². The van der Waals surface area contributed by atoms with Crippen molar-refractivity contribution in [1.29, 1.82) is 0 Å². The molecule has 5 atom stereocenters. The molecule has 0 radical (unpaired) electrons. The molecule has 0 aromatic rings. The van der Waals surface area contributed by atoms with Crippen molar-refractivity contribution in [3.8, 4) is 0 Å². The minimum Gasteiger partial charge on any atom is -0.447 e. The molecule has 86 valence electrons. The Morgan fingerprint density at radius 1 is 1.27 bits per heavy atom. The maximum absolute atomic E-state index is 11.3. The zero-order valence-electron chi connectivity index (χ0n) is 7.85. The van der Waals surface area contributed by atoms with Crippen molar-refractivity contribution >= 4 is 6.09 Å². The summed E-state index contributed by atoms with van der Waals surface area (Å²) in [6, 6.07) is -1.63. The lowest BCUT2D eigenvalue weighted by atomic mass is 9.89. The van der Waals surface area contributed by atoms with Crippen molar-refractivity contribution in [3.63, 3.8) is 0 Å². The number of nitrogens with zero attached hydrogens (tertiary/aromatic N) is 1. The van der Waals surface area contributed by atoms with E-state index in [1.165, 1.54) is 0 Å². The Balaban J connectivity index is 2.28. The van der Waals surface area contributed by atoms with Crippen LogP contribution in [-0.2, 0) is 4.74 Å². The standard InChI is InChI=1S/C8H13NO6/c10-1-3-5(11)7(13)6(12)4-2-15-8(14)9(3)4/h3-7,10-13H,1-2H2/t3?,4-,5+,6?,7?/m1/s1. The molecule has 3 unspecified atom stereocenters. The lowest BCUT2D eigenvalue weighted by molar-refractivity contribution is -0.148. The molecule has 15 heavy (non-hydrogen) atoms. The van der Waals surface area contributed by atoms with Crippen molar-refractivity contribution in [1.82, 2.24) is 4.90 Å². The first-order chi connectivity index (χ1) is 7.07. The molecule has 1 amide bonds. The molecule has 0 saturated carbocycles. The van der Waals surface area contributed by atoms with Crippen molar-refractivity contribution in [2.24, 2.45) is 0 Å². The fourth-order valence-electron chi connectivity index (χ4n) is 2.11. The van der Waals surface area contributed by atoms with Gasteiger partial charge in [0.05, 0.1) is 18.7 Å². The van der Waals surface area contributed by atoms with E-state index in [1.807, 2.05) is 0 Å². The van der Waals surface area contributed by atoms with E-state index in [0.29, 0.717) is 0 Å². The summed E-state index contributed by atoms with van der Waals surface area (Å²) in [5.41, 5.74) is 0. The molecule has 2 fully saturated rings. The maximum atomic E-state index is 11.3. The number of fused-ring (bicyclic) bond motifs is 1. The van der Waals surface area contributed by atoms with Gasteiger partial charge in [-0.1, -0.05) is 0 Å². The Bertz CT molecular complexity index is 272. The Kier molecular flexibility index (Phi) is 2.55. The molecule has 7 nitrogen and oxygen atoms in total. The number of amides is 1. The molecule has 2 saturated heterocycles. The molecule has 0 aromatic carbocycles. The normalized spacial score (nSPS) is 45.2. The number of aliphatic hydroxyl groups is 4. The highest BCUT2D eigenvalue weighted by Crippen LogP contribution is 2.29. The number of hydrogen-bond donors (Lipinski definition) is 4. The monoisotopic (exact) mass is 219 g/mol. The SMILES string of the molecule is O=C1OC[C@@H]2C(O)C(O)[C@@H](O)C(CO)N12. The van der Waals surface area contributed by atoms with Gasteiger partial charge in [-0.15, -0.1) is 0 Å². The quantitative estimate of drug-likeness (QED) is 0.381. The van der Waals surface area contributed by atoms with Crippen LogP contribution >= 0.6 is 0 Å². The minimum absolute atomic E-state index is 0.0414. The molecule has 2 aliphatic heterocycles. The highest BCUT2D eigenvalue weighted by Gasteiger charge is 2.53. The van der Waals surface area contributed by atoms with Crippen molar-refractivity contribution in [2.75, 3.05) is 13.2 Å². The zero-order valence-corrected chi connectivity index (χ0v) is 7.85. The minimum atomic E-state index is -1.38. The number of carbonyl (C=O) groups is 1. The van der Waals surface area contributed by atoms with Gasteiger partial charge in [0, 0.05) is 0 Å². The summed E-state index contributed by atoms with van der Waals surface area (Å²) >= 11 is 0. The lowest BCUT2D eigenvalue weighted by Gasteiger charge is -2.43. The fourth-order valence-corrected chi connectivity index (χ4v) is 2.11. The van der Waals surface area contributed by atoms with Crippen LogP contribution < -0.4 is 0 Å². The van der Waals surface area contributed by atoms with E-state index in [4.69, 9.17) is 9.84 Å². The molecule has 7 heteroatoms. The summed E-state index contributed by atoms with van der Waals surface area (Å²) in [5, 5.41) is 37.6. The molecule has 2 aliphatic rings. The molecule has 0 bridgehead atoms. The van der Waals surface area contributed by atoms with E-state index in [2.05, 4.69) is 0 Å². The number of aliphatic hydroxyl groups excluding tert-OH is 4. The van der Waals surface area contributed by atoms with Crippen LogP contribution in [0.3, 0.4) is 0 Å². The second-order valence-electron chi connectivity index (χ2n) is 3.77. The van der Waals surface area contributed by atoms with E-state index in [-0.39, 0.29) is 6.61 Å². The fraction of sp³-hybridized carbons (Fsp3) is 0.875. The van der Waals surface area contributed by atoms with E-state index in [9.17, 15) is 20.1 Å². The number of cyclic esters (lactones) is 1. The van der Waals surface area contributed by atoms with Gasteiger partial charge in [0.15, 0.2) is 0 Å². The number of rotatable bonds is 1. The molecular weight excluding hydrogens is 206 g/mol. The lowest BCUT2D eigenvalue weighted by Crippen LogP contribution is -2.66. The van der Waals surface area contributed by atoms with Gasteiger partial charge in [-0.3, -0.25) is 4.90 Å². The van der Waals surface area contributed by atoms with Crippen molar-refractivity contribution in [2.45, 2.75) is 30.4 Å². The summed E-state index contributed by atoms with van der Waals surface area (Å²) in [6.45, 7) is -0.531. The smallest absolute Gasteiger partial charge is 0.410 e. The van der Waals surface area contributed by atoms with Gasteiger partial charge in [0.25, 0.3) is 0 Å². The highest BCUT2D eigenvalue weighted by atomic mass is 16.6. The molecule has 4 N–H and O–H groups in total. The zero-order chi connectivity index (χ0) is 11.2. The average molecular weight is 219 g/mol. The van der Waals surface area contributed by atoms with E-state index < -0.39 is 43.1 Å². The topological polar surface area (TPSA) is 110 Å². The van der Waals surface area contributed by atoms with Gasteiger partial charge < -0.3 is 25.2 Å². The predicted molar refractivity (Wildman–Crippen MR) is 45.9 cm³/mol. The Hall–Kier alpha value is -0.890. The second kappa shape index (κ2) is 3.60. The Morgan fingerprint density at radius 2 is 1.93 bits per heavy atom. The summed E-state index contributed by atoms with van der Waals surface area (Å²) in [6.07, 6.45) is -4.69. The molecule has 0 spiro atoms. The summed E-state index contributed by atoms with van der Waals surface area (Å²) in [7, 11) is 0. The van der Waals surface area contributed by atoms with Crippen LogP contribution in [0.15, 0.2) is 0 Å². The number of ether oxygens (including phenoxy) is 1. The van der Waals surface area contributed by atoms with Crippen LogP contribution in [0.5, 0.6) is 0 Å². The van der Waals surface area contributed by atoms with Crippen LogP contribution in [0, 0.1) is 0 Å². The summed E-state index contributed by atoms with van der Waals surface area (Å²) < 4.78 is 4.69. The second-order valence-corrected chi connectivity index (χ2v) is 3.77. The number of carbonyl (C=O) groups excluding carboxylic acids is 1. The summed E-state index contributed by atoms with van der Waals surface area (Å²) in [4.78, 5) is 12.3. The average Bonchev–Trinajstić information content (AvgIpc) is 2.59. The maximum Gasteiger partial charge on any atom is 0.410 e. The van der Waals surface area contributed by atoms with Crippen LogP contribution in [0.2, 0.25) is 0 Å². The first-order valence-electron chi connectivity index (χ1n) is 4.68. The molecule has 2 rings (SSSR count). The van der Waals surface area contributed by atoms with Crippen LogP contribution in [0.1, 0.15) is 0 Å². The predicted octanol–water partition coefficient (Wildman–Crippen LogP) is -2.74. The number of hydrogen-bond acceptors (Lipinski definition) is 6. The first kappa shape index (κ1) is 10.6. The van der Waals surface area contributed by atoms with Crippen molar-refractivity contribution in [3.05, 3.63) is 0 Å². The molecule has 2 heterocycles. The molecule has 0 aromatic heterocycles. The van der Waals surface area contributed by atoms with Gasteiger partial charge in [-0.05, 0) is 0 Å². The van der Waals surface area contributed by atoms with Crippen LogP contribution in [0.4, 0.5) is 4.79 Å². The van der Waals surface area contributed by atoms with Gasteiger partial charge in [-0.25, -0.2) is 4.79 Å². The van der Waals surface area contributed by atoms with Gasteiger partial charge in [-0.2, -0.15) is 0 Å². The van der Waals surface area contributed by atoms with Gasteiger partial charge in [0.1, 0.15) is 24.9 Å². The van der Waals surface area contributed by atoms with E-state index >= 15 is 0 Å². The van der Waals surface area contributed by atoms with Crippen molar-refractivity contribution < 1.29 is 30.0 Å². The third-order valence-corrected chi connectivity index (χ3v) is 2.98. The van der Waals surface area contributed by atoms with Crippen LogP contribution in [-0.4, -0.2) is 75.0 Å². The molecular formula is C8H13NO6. The third kappa shape index (κ3) is 1.39. The first-order valence-corrected chi connectivity index (χ1v) is 4.68. The van der Waals surface area contributed by atoms with E-state index in [1.54, 1.807) is 0 Å².